The second-order valence-corrected chi connectivity index (χ2v) is 6.20. The Bertz CT molecular complexity index is 174. The third kappa shape index (κ3) is 7.41. The van der Waals surface area contributed by atoms with Gasteiger partial charge in [-0.3, -0.25) is 0 Å². The third-order valence-corrected chi connectivity index (χ3v) is 4.48. The molecule has 1 nitrogen and oxygen atoms in total. The molecule has 1 atom stereocenters. The first kappa shape index (κ1) is 16.0. The molecule has 1 fully saturated rings. The van der Waals surface area contributed by atoms with E-state index in [-0.39, 0.29) is 0 Å². The molecular weight excluding hydrogens is 218 g/mol. The van der Waals surface area contributed by atoms with Crippen LogP contribution in [0.1, 0.15) is 84.5 Å². The van der Waals surface area contributed by atoms with Crippen molar-refractivity contribution in [3.8, 4) is 0 Å². The van der Waals surface area contributed by atoms with Gasteiger partial charge in [0.15, 0.2) is 0 Å². The Morgan fingerprint density at radius 2 is 1.39 bits per heavy atom. The third-order valence-electron chi connectivity index (χ3n) is 4.48. The van der Waals surface area contributed by atoms with Crippen molar-refractivity contribution in [2.75, 3.05) is 19.6 Å². The molecule has 0 bridgehead atoms. The molecule has 0 aliphatic carbocycles. The molecular formula is C17H35N. The fourth-order valence-corrected chi connectivity index (χ4v) is 2.95. The van der Waals surface area contributed by atoms with Crippen LogP contribution in [0.5, 0.6) is 0 Å². The Labute approximate surface area is 115 Å². The maximum absolute atomic E-state index is 2.64. The van der Waals surface area contributed by atoms with Gasteiger partial charge in [0.2, 0.25) is 0 Å². The van der Waals surface area contributed by atoms with Gasteiger partial charge >= 0.3 is 0 Å². The van der Waals surface area contributed by atoms with E-state index in [9.17, 15) is 0 Å². The van der Waals surface area contributed by atoms with Gasteiger partial charge in [0, 0.05) is 0 Å². The summed E-state index contributed by atoms with van der Waals surface area (Å²) in [6, 6.07) is 0. The zero-order valence-electron chi connectivity index (χ0n) is 12.9. The zero-order valence-corrected chi connectivity index (χ0v) is 12.9. The molecule has 18 heavy (non-hydrogen) atoms. The molecule has 0 aromatic carbocycles. The van der Waals surface area contributed by atoms with E-state index in [1.54, 1.807) is 0 Å². The standard InChI is InChI=1S/C17H35N/c1-3-5-7-9-12-17(11-8-6-4-2)13-16-18-14-10-15-18/h17H,3-16H2,1-2H3. The Hall–Kier alpha value is -0.0400. The molecule has 0 amide bonds. The number of unbranched alkanes of at least 4 members (excludes halogenated alkanes) is 5. The molecule has 1 rings (SSSR count). The van der Waals surface area contributed by atoms with Crippen LogP contribution in [-0.4, -0.2) is 24.5 Å². The van der Waals surface area contributed by atoms with Gasteiger partial charge in [-0.05, 0) is 38.4 Å². The molecule has 0 N–H and O–H groups in total. The lowest BCUT2D eigenvalue weighted by Gasteiger charge is -2.32. The highest BCUT2D eigenvalue weighted by atomic mass is 15.2. The lowest BCUT2D eigenvalue weighted by molar-refractivity contribution is 0.164. The van der Waals surface area contributed by atoms with Gasteiger partial charge in [0.05, 0.1) is 0 Å². The van der Waals surface area contributed by atoms with Crippen LogP contribution in [0.25, 0.3) is 0 Å². The van der Waals surface area contributed by atoms with Crippen LogP contribution in [-0.2, 0) is 0 Å². The molecule has 1 saturated heterocycles. The second-order valence-electron chi connectivity index (χ2n) is 6.20. The molecule has 0 radical (unpaired) electrons. The summed E-state index contributed by atoms with van der Waals surface area (Å²) >= 11 is 0. The summed E-state index contributed by atoms with van der Waals surface area (Å²) in [5, 5.41) is 0. The Morgan fingerprint density at radius 1 is 0.778 bits per heavy atom. The highest BCUT2D eigenvalue weighted by molar-refractivity contribution is 4.71. The second kappa shape index (κ2) is 10.8. The van der Waals surface area contributed by atoms with Crippen molar-refractivity contribution in [1.82, 2.24) is 4.90 Å². The molecule has 1 heterocycles. The van der Waals surface area contributed by atoms with Crippen molar-refractivity contribution in [2.24, 2.45) is 5.92 Å². The molecule has 0 spiro atoms. The average molecular weight is 253 g/mol. The molecule has 1 aliphatic heterocycles. The number of likely N-dealkylation sites (tertiary alicyclic amines) is 1. The summed E-state index contributed by atoms with van der Waals surface area (Å²) in [5.74, 6) is 1.02. The Balaban J connectivity index is 2.08. The molecule has 108 valence electrons. The molecule has 0 aromatic rings. The van der Waals surface area contributed by atoms with Gasteiger partial charge in [-0.1, -0.05) is 71.6 Å². The first-order valence-electron chi connectivity index (χ1n) is 8.59. The van der Waals surface area contributed by atoms with Gasteiger partial charge in [-0.15, -0.1) is 0 Å². The SMILES string of the molecule is CCCCCCC(CCCCC)CCN1CCC1. The molecule has 1 unspecified atom stereocenters. The average Bonchev–Trinajstić information content (AvgIpc) is 2.32. The van der Waals surface area contributed by atoms with Gasteiger partial charge in [-0.2, -0.15) is 0 Å². The minimum Gasteiger partial charge on any atom is -0.303 e. The summed E-state index contributed by atoms with van der Waals surface area (Å²) in [6.07, 6.45) is 15.9. The zero-order chi connectivity index (χ0) is 13.1. The minimum absolute atomic E-state index is 1.02. The highest BCUT2D eigenvalue weighted by Gasteiger charge is 2.16. The van der Waals surface area contributed by atoms with Crippen LogP contribution >= 0.6 is 0 Å². The molecule has 0 saturated carbocycles. The lowest BCUT2D eigenvalue weighted by atomic mass is 9.91. The van der Waals surface area contributed by atoms with Crippen molar-refractivity contribution in [2.45, 2.75) is 84.5 Å². The van der Waals surface area contributed by atoms with Gasteiger partial charge < -0.3 is 4.90 Å². The van der Waals surface area contributed by atoms with E-state index in [2.05, 4.69) is 18.7 Å². The van der Waals surface area contributed by atoms with E-state index >= 15 is 0 Å². The van der Waals surface area contributed by atoms with Crippen LogP contribution in [0.4, 0.5) is 0 Å². The number of hydrogen-bond acceptors (Lipinski definition) is 1. The predicted octanol–water partition coefficient (Wildman–Crippen LogP) is 5.25. The quantitative estimate of drug-likeness (QED) is 0.429. The van der Waals surface area contributed by atoms with Crippen molar-refractivity contribution in [3.05, 3.63) is 0 Å². The monoisotopic (exact) mass is 253 g/mol. The molecule has 1 heteroatoms. The first-order valence-corrected chi connectivity index (χ1v) is 8.59. The fraction of sp³-hybridized carbons (Fsp3) is 1.00. The summed E-state index contributed by atoms with van der Waals surface area (Å²) in [5.41, 5.74) is 0. The van der Waals surface area contributed by atoms with Crippen LogP contribution in [0.2, 0.25) is 0 Å². The van der Waals surface area contributed by atoms with E-state index in [1.165, 1.54) is 90.3 Å². The van der Waals surface area contributed by atoms with Crippen molar-refractivity contribution in [1.29, 1.82) is 0 Å². The molecule has 0 aromatic heterocycles. The van der Waals surface area contributed by atoms with Gasteiger partial charge in [0.1, 0.15) is 0 Å². The number of rotatable bonds is 12. The minimum atomic E-state index is 1.02. The van der Waals surface area contributed by atoms with Gasteiger partial charge in [-0.25, -0.2) is 0 Å². The van der Waals surface area contributed by atoms with E-state index in [0.29, 0.717) is 0 Å². The predicted molar refractivity (Wildman–Crippen MR) is 82.1 cm³/mol. The topological polar surface area (TPSA) is 3.24 Å². The number of nitrogens with zero attached hydrogens (tertiary/aromatic N) is 1. The fourth-order valence-electron chi connectivity index (χ4n) is 2.95. The summed E-state index contributed by atoms with van der Waals surface area (Å²) in [7, 11) is 0. The smallest absolute Gasteiger partial charge is 0.000654 e. The lowest BCUT2D eigenvalue weighted by Crippen LogP contribution is -2.38. The number of hydrogen-bond donors (Lipinski definition) is 0. The van der Waals surface area contributed by atoms with Gasteiger partial charge in [0.25, 0.3) is 0 Å². The normalized spacial score (nSPS) is 17.7. The van der Waals surface area contributed by atoms with E-state index in [0.717, 1.165) is 5.92 Å². The maximum Gasteiger partial charge on any atom is -0.000654 e. The maximum atomic E-state index is 2.64. The van der Waals surface area contributed by atoms with E-state index < -0.39 is 0 Å². The van der Waals surface area contributed by atoms with E-state index in [1.807, 2.05) is 0 Å². The molecule has 1 aliphatic rings. The van der Waals surface area contributed by atoms with Crippen LogP contribution < -0.4 is 0 Å². The van der Waals surface area contributed by atoms with E-state index in [4.69, 9.17) is 0 Å². The van der Waals surface area contributed by atoms with Crippen molar-refractivity contribution < 1.29 is 0 Å². The van der Waals surface area contributed by atoms with Crippen molar-refractivity contribution >= 4 is 0 Å². The Morgan fingerprint density at radius 3 is 1.94 bits per heavy atom. The summed E-state index contributed by atoms with van der Waals surface area (Å²) in [4.78, 5) is 2.64. The first-order chi connectivity index (χ1) is 8.86. The Kier molecular flexibility index (Phi) is 9.65. The summed E-state index contributed by atoms with van der Waals surface area (Å²) < 4.78 is 0. The summed E-state index contributed by atoms with van der Waals surface area (Å²) in [6.45, 7) is 8.75. The van der Waals surface area contributed by atoms with Crippen LogP contribution in [0.15, 0.2) is 0 Å². The largest absolute Gasteiger partial charge is 0.303 e. The highest BCUT2D eigenvalue weighted by Crippen LogP contribution is 2.22. The van der Waals surface area contributed by atoms with Crippen LogP contribution in [0.3, 0.4) is 0 Å². The van der Waals surface area contributed by atoms with Crippen molar-refractivity contribution in [3.63, 3.8) is 0 Å². The van der Waals surface area contributed by atoms with Crippen LogP contribution in [0, 0.1) is 5.92 Å².